The van der Waals surface area contributed by atoms with Gasteiger partial charge in [0.2, 0.25) is 5.95 Å². The molecule has 2 N–H and O–H groups in total. The molecule has 0 aliphatic rings. The number of anilines is 1. The summed E-state index contributed by atoms with van der Waals surface area (Å²) in [5.41, 5.74) is 6.29. The first-order valence-corrected chi connectivity index (χ1v) is 4.21. The maximum absolute atomic E-state index is 12.9. The van der Waals surface area contributed by atoms with Gasteiger partial charge in [0.05, 0.1) is 5.69 Å². The first-order valence-electron chi connectivity index (χ1n) is 4.21. The van der Waals surface area contributed by atoms with Crippen molar-refractivity contribution in [2.75, 3.05) is 5.73 Å². The Kier molecular flexibility index (Phi) is 2.29. The van der Waals surface area contributed by atoms with Gasteiger partial charge in [0, 0.05) is 11.8 Å². The predicted molar refractivity (Wildman–Crippen MR) is 51.8 cm³/mol. The zero-order chi connectivity index (χ0) is 10.8. The molecule has 1 aromatic carbocycles. The zero-order valence-corrected chi connectivity index (χ0v) is 7.61. The lowest BCUT2D eigenvalue weighted by Crippen LogP contribution is -1.95. The summed E-state index contributed by atoms with van der Waals surface area (Å²) in [6.07, 6.45) is 1.46. The van der Waals surface area contributed by atoms with Crippen molar-refractivity contribution in [2.24, 2.45) is 0 Å². The Balaban J connectivity index is 2.50. The van der Waals surface area contributed by atoms with E-state index in [1.165, 1.54) is 12.3 Å². The molecule has 3 nitrogen and oxygen atoms in total. The van der Waals surface area contributed by atoms with Crippen molar-refractivity contribution in [1.82, 2.24) is 9.97 Å². The summed E-state index contributed by atoms with van der Waals surface area (Å²) in [5, 5.41) is 0. The number of hydrogen-bond acceptors (Lipinski definition) is 3. The van der Waals surface area contributed by atoms with Crippen molar-refractivity contribution in [3.63, 3.8) is 0 Å². The van der Waals surface area contributed by atoms with Gasteiger partial charge >= 0.3 is 0 Å². The molecule has 15 heavy (non-hydrogen) atoms. The molecular weight excluding hydrogens is 200 g/mol. The highest BCUT2D eigenvalue weighted by Crippen LogP contribution is 2.19. The molecule has 0 saturated heterocycles. The Labute approximate surface area is 84.6 Å². The maximum Gasteiger partial charge on any atom is 0.220 e. The van der Waals surface area contributed by atoms with Gasteiger partial charge in [0.15, 0.2) is 11.6 Å². The molecule has 76 valence electrons. The van der Waals surface area contributed by atoms with Crippen LogP contribution in [0.4, 0.5) is 14.7 Å². The van der Waals surface area contributed by atoms with E-state index in [-0.39, 0.29) is 5.95 Å². The van der Waals surface area contributed by atoms with E-state index < -0.39 is 11.6 Å². The summed E-state index contributed by atoms with van der Waals surface area (Å²) < 4.78 is 25.6. The van der Waals surface area contributed by atoms with Crippen LogP contribution in [-0.2, 0) is 0 Å². The summed E-state index contributed by atoms with van der Waals surface area (Å²) in [6, 6.07) is 5.11. The number of nitrogens with zero attached hydrogens (tertiary/aromatic N) is 2. The van der Waals surface area contributed by atoms with Gasteiger partial charge in [-0.05, 0) is 24.3 Å². The van der Waals surface area contributed by atoms with Crippen molar-refractivity contribution in [3.05, 3.63) is 42.1 Å². The molecule has 0 unspecified atom stereocenters. The number of aromatic nitrogens is 2. The molecule has 0 amide bonds. The molecule has 1 heterocycles. The van der Waals surface area contributed by atoms with Crippen LogP contribution in [0, 0.1) is 11.6 Å². The minimum atomic E-state index is -0.912. The average Bonchev–Trinajstić information content (AvgIpc) is 2.22. The van der Waals surface area contributed by atoms with E-state index in [4.69, 9.17) is 5.73 Å². The third kappa shape index (κ3) is 1.90. The molecule has 0 atom stereocenters. The van der Waals surface area contributed by atoms with Crippen molar-refractivity contribution in [1.29, 1.82) is 0 Å². The van der Waals surface area contributed by atoms with Gasteiger partial charge in [0.25, 0.3) is 0 Å². The van der Waals surface area contributed by atoms with Crippen molar-refractivity contribution in [2.45, 2.75) is 0 Å². The maximum atomic E-state index is 12.9. The third-order valence-corrected chi connectivity index (χ3v) is 1.89. The number of halogens is 2. The zero-order valence-electron chi connectivity index (χ0n) is 7.61. The molecule has 1 aromatic heterocycles. The first kappa shape index (κ1) is 9.51. The van der Waals surface area contributed by atoms with Gasteiger partial charge in [0.1, 0.15) is 0 Å². The van der Waals surface area contributed by atoms with Crippen molar-refractivity contribution in [3.8, 4) is 11.3 Å². The fourth-order valence-electron chi connectivity index (χ4n) is 1.19. The highest BCUT2D eigenvalue weighted by molar-refractivity contribution is 5.59. The van der Waals surface area contributed by atoms with Crippen LogP contribution in [0.25, 0.3) is 11.3 Å². The number of benzene rings is 1. The van der Waals surface area contributed by atoms with Crippen LogP contribution in [0.5, 0.6) is 0 Å². The Morgan fingerprint density at radius 3 is 2.53 bits per heavy atom. The minimum Gasteiger partial charge on any atom is -0.368 e. The minimum absolute atomic E-state index is 0.0947. The second-order valence-corrected chi connectivity index (χ2v) is 2.93. The van der Waals surface area contributed by atoms with Crippen LogP contribution in [-0.4, -0.2) is 9.97 Å². The lowest BCUT2D eigenvalue weighted by atomic mass is 10.1. The summed E-state index contributed by atoms with van der Waals surface area (Å²) in [6.45, 7) is 0. The molecule has 0 fully saturated rings. The summed E-state index contributed by atoms with van der Waals surface area (Å²) in [5.74, 6) is -1.71. The highest BCUT2D eigenvalue weighted by atomic mass is 19.2. The Bertz CT molecular complexity index is 500. The SMILES string of the molecule is Nc1nccc(-c2ccc(F)c(F)c2)n1. The normalized spacial score (nSPS) is 10.3. The standard InChI is InChI=1S/C10H7F2N3/c11-7-2-1-6(5-8(7)12)9-3-4-14-10(13)15-9/h1-5H,(H2,13,14,15). The van der Waals surface area contributed by atoms with E-state index in [0.717, 1.165) is 12.1 Å². The van der Waals surface area contributed by atoms with Crippen LogP contribution in [0.15, 0.2) is 30.5 Å². The van der Waals surface area contributed by atoms with E-state index in [1.807, 2.05) is 0 Å². The van der Waals surface area contributed by atoms with Crippen LogP contribution >= 0.6 is 0 Å². The second-order valence-electron chi connectivity index (χ2n) is 2.93. The molecule has 5 heteroatoms. The molecular formula is C10H7F2N3. The largest absolute Gasteiger partial charge is 0.368 e. The topological polar surface area (TPSA) is 51.8 Å². The summed E-state index contributed by atoms with van der Waals surface area (Å²) in [4.78, 5) is 7.60. The van der Waals surface area contributed by atoms with Crippen LogP contribution in [0.1, 0.15) is 0 Å². The third-order valence-electron chi connectivity index (χ3n) is 1.89. The van der Waals surface area contributed by atoms with Crippen LogP contribution in [0.3, 0.4) is 0 Å². The monoisotopic (exact) mass is 207 g/mol. The van der Waals surface area contributed by atoms with Crippen LogP contribution < -0.4 is 5.73 Å². The smallest absolute Gasteiger partial charge is 0.220 e. The molecule has 0 spiro atoms. The fourth-order valence-corrected chi connectivity index (χ4v) is 1.19. The molecule has 0 bridgehead atoms. The van der Waals surface area contributed by atoms with Gasteiger partial charge in [-0.25, -0.2) is 18.7 Å². The number of hydrogen-bond donors (Lipinski definition) is 1. The number of nitrogen functional groups attached to an aromatic ring is 1. The van der Waals surface area contributed by atoms with E-state index in [2.05, 4.69) is 9.97 Å². The molecule has 0 saturated carbocycles. The Morgan fingerprint density at radius 1 is 1.07 bits per heavy atom. The van der Waals surface area contributed by atoms with Crippen molar-refractivity contribution >= 4 is 5.95 Å². The molecule has 2 aromatic rings. The molecule has 2 rings (SSSR count). The molecule has 0 radical (unpaired) electrons. The Hall–Kier alpha value is -2.04. The lowest BCUT2D eigenvalue weighted by molar-refractivity contribution is 0.509. The fraction of sp³-hybridized carbons (Fsp3) is 0. The van der Waals surface area contributed by atoms with E-state index in [0.29, 0.717) is 11.3 Å². The van der Waals surface area contributed by atoms with Gasteiger partial charge < -0.3 is 5.73 Å². The summed E-state index contributed by atoms with van der Waals surface area (Å²) in [7, 11) is 0. The lowest BCUT2D eigenvalue weighted by Gasteiger charge is -2.01. The van der Waals surface area contributed by atoms with Gasteiger partial charge in [-0.2, -0.15) is 0 Å². The number of rotatable bonds is 1. The quantitative estimate of drug-likeness (QED) is 0.778. The average molecular weight is 207 g/mol. The van der Waals surface area contributed by atoms with E-state index >= 15 is 0 Å². The first-order chi connectivity index (χ1) is 7.16. The Morgan fingerprint density at radius 2 is 1.87 bits per heavy atom. The predicted octanol–water partition coefficient (Wildman–Crippen LogP) is 2.00. The molecule has 0 aliphatic carbocycles. The number of nitrogens with two attached hydrogens (primary N) is 1. The van der Waals surface area contributed by atoms with Gasteiger partial charge in [-0.3, -0.25) is 0 Å². The van der Waals surface area contributed by atoms with Gasteiger partial charge in [-0.15, -0.1) is 0 Å². The van der Waals surface area contributed by atoms with E-state index in [1.54, 1.807) is 6.07 Å². The van der Waals surface area contributed by atoms with Crippen LogP contribution in [0.2, 0.25) is 0 Å². The van der Waals surface area contributed by atoms with Gasteiger partial charge in [-0.1, -0.05) is 0 Å². The molecule has 0 aliphatic heterocycles. The van der Waals surface area contributed by atoms with E-state index in [9.17, 15) is 8.78 Å². The highest BCUT2D eigenvalue weighted by Gasteiger charge is 2.05. The van der Waals surface area contributed by atoms with Crippen molar-refractivity contribution < 1.29 is 8.78 Å². The summed E-state index contributed by atoms with van der Waals surface area (Å²) >= 11 is 0. The second kappa shape index (κ2) is 3.61.